The van der Waals surface area contributed by atoms with Gasteiger partial charge in [0.2, 0.25) is 5.91 Å². The highest BCUT2D eigenvalue weighted by atomic mass is 16.6. The van der Waals surface area contributed by atoms with Crippen molar-refractivity contribution in [3.8, 4) is 0 Å². The summed E-state index contributed by atoms with van der Waals surface area (Å²) >= 11 is 0. The predicted molar refractivity (Wildman–Crippen MR) is 91.7 cm³/mol. The van der Waals surface area contributed by atoms with Crippen molar-refractivity contribution in [2.45, 2.75) is 13.5 Å². The number of nitro benzene ring substituents is 1. The lowest BCUT2D eigenvalue weighted by Crippen LogP contribution is -2.32. The molecule has 8 heteroatoms. The second-order valence-electron chi connectivity index (χ2n) is 5.65. The number of fused-ring (bicyclic) bond motifs is 1. The smallest absolute Gasteiger partial charge is 0.407 e. The fourth-order valence-electron chi connectivity index (χ4n) is 2.47. The number of carbonyl (C=O) groups is 1. The molecule has 0 fully saturated rings. The average Bonchev–Trinajstić information content (AvgIpc) is 2.89. The zero-order valence-corrected chi connectivity index (χ0v) is 13.6. The molecular formula is C17H15N3O5. The van der Waals surface area contributed by atoms with E-state index in [-0.39, 0.29) is 23.7 Å². The zero-order chi connectivity index (χ0) is 18.1. The fraction of sp³-hybridized carbons (Fsp3) is 0.176. The van der Waals surface area contributed by atoms with Crippen LogP contribution >= 0.6 is 0 Å². The van der Waals surface area contributed by atoms with Gasteiger partial charge < -0.3 is 9.32 Å². The highest BCUT2D eigenvalue weighted by Crippen LogP contribution is 2.20. The molecule has 0 saturated heterocycles. The number of oxazole rings is 1. The molecule has 0 N–H and O–H groups in total. The van der Waals surface area contributed by atoms with Crippen LogP contribution in [-0.2, 0) is 11.3 Å². The van der Waals surface area contributed by atoms with Crippen LogP contribution in [0.15, 0.2) is 51.7 Å². The Kier molecular flexibility index (Phi) is 4.10. The third kappa shape index (κ3) is 3.14. The molecule has 0 radical (unpaired) electrons. The van der Waals surface area contributed by atoms with Gasteiger partial charge in [-0.25, -0.2) is 4.79 Å². The van der Waals surface area contributed by atoms with E-state index in [1.165, 1.54) is 23.1 Å². The van der Waals surface area contributed by atoms with E-state index in [0.717, 1.165) is 10.1 Å². The number of non-ortho nitro benzene ring substituents is 1. The van der Waals surface area contributed by atoms with E-state index in [4.69, 9.17) is 4.42 Å². The number of nitro groups is 1. The van der Waals surface area contributed by atoms with Gasteiger partial charge in [-0.3, -0.25) is 19.5 Å². The Balaban J connectivity index is 1.90. The third-order valence-electron chi connectivity index (χ3n) is 3.95. The number of amides is 1. The van der Waals surface area contributed by atoms with Gasteiger partial charge in [0, 0.05) is 18.8 Å². The molecule has 0 spiro atoms. The molecule has 25 heavy (non-hydrogen) atoms. The van der Waals surface area contributed by atoms with E-state index >= 15 is 0 Å². The van der Waals surface area contributed by atoms with Gasteiger partial charge in [0.25, 0.3) is 5.69 Å². The van der Waals surface area contributed by atoms with Crippen molar-refractivity contribution < 1.29 is 14.1 Å². The summed E-state index contributed by atoms with van der Waals surface area (Å²) in [4.78, 5) is 36.2. The van der Waals surface area contributed by atoms with E-state index < -0.39 is 10.7 Å². The first-order valence-corrected chi connectivity index (χ1v) is 7.48. The Bertz CT molecular complexity index is 1020. The van der Waals surface area contributed by atoms with Crippen LogP contribution in [0.5, 0.6) is 0 Å². The molecule has 0 aliphatic carbocycles. The topological polar surface area (TPSA) is 98.6 Å². The van der Waals surface area contributed by atoms with E-state index in [1.54, 1.807) is 7.05 Å². The first-order valence-electron chi connectivity index (χ1n) is 7.48. The van der Waals surface area contributed by atoms with Crippen LogP contribution in [-0.4, -0.2) is 22.4 Å². The summed E-state index contributed by atoms with van der Waals surface area (Å²) in [5.74, 6) is -1.05. The van der Waals surface area contributed by atoms with E-state index in [1.807, 2.05) is 31.2 Å². The van der Waals surface area contributed by atoms with Crippen LogP contribution in [0.3, 0.4) is 0 Å². The zero-order valence-electron chi connectivity index (χ0n) is 13.6. The molecule has 1 heterocycles. The number of hydrogen-bond donors (Lipinski definition) is 0. The number of anilines is 1. The molecule has 0 aliphatic rings. The first-order chi connectivity index (χ1) is 11.9. The lowest BCUT2D eigenvalue weighted by molar-refractivity contribution is -0.384. The molecular weight excluding hydrogens is 326 g/mol. The molecule has 3 rings (SSSR count). The Morgan fingerprint density at radius 2 is 1.92 bits per heavy atom. The lowest BCUT2D eigenvalue weighted by atomic mass is 10.2. The van der Waals surface area contributed by atoms with E-state index in [9.17, 15) is 19.7 Å². The second kappa shape index (κ2) is 6.23. The number of carbonyl (C=O) groups excluding carboxylic acids is 1. The average molecular weight is 341 g/mol. The molecule has 0 bridgehead atoms. The number of benzene rings is 2. The summed E-state index contributed by atoms with van der Waals surface area (Å²) in [6.07, 6.45) is 0. The fourth-order valence-corrected chi connectivity index (χ4v) is 2.47. The Morgan fingerprint density at radius 1 is 1.24 bits per heavy atom. The second-order valence-corrected chi connectivity index (χ2v) is 5.65. The highest BCUT2D eigenvalue weighted by Gasteiger charge is 2.18. The number of hydrogen-bond acceptors (Lipinski definition) is 5. The van der Waals surface area contributed by atoms with E-state index in [0.29, 0.717) is 11.2 Å². The Morgan fingerprint density at radius 3 is 2.56 bits per heavy atom. The largest absolute Gasteiger partial charge is 0.420 e. The molecule has 1 aromatic heterocycles. The van der Waals surface area contributed by atoms with Gasteiger partial charge in [-0.15, -0.1) is 0 Å². The maximum absolute atomic E-state index is 12.5. The summed E-state index contributed by atoms with van der Waals surface area (Å²) in [5, 5.41) is 10.8. The summed E-state index contributed by atoms with van der Waals surface area (Å²) in [5.41, 5.74) is 2.00. The molecule has 0 atom stereocenters. The van der Waals surface area contributed by atoms with Crippen molar-refractivity contribution in [2.24, 2.45) is 0 Å². The van der Waals surface area contributed by atoms with Gasteiger partial charge in [-0.1, -0.05) is 17.7 Å². The highest BCUT2D eigenvalue weighted by molar-refractivity contribution is 5.93. The van der Waals surface area contributed by atoms with Gasteiger partial charge in [-0.05, 0) is 25.1 Å². The normalized spacial score (nSPS) is 10.8. The number of rotatable bonds is 4. The minimum atomic E-state index is -0.735. The molecule has 0 aliphatic heterocycles. The minimum Gasteiger partial charge on any atom is -0.407 e. The first kappa shape index (κ1) is 16.4. The molecule has 8 nitrogen and oxygen atoms in total. The minimum absolute atomic E-state index is 0.0741. The van der Waals surface area contributed by atoms with Gasteiger partial charge in [-0.2, -0.15) is 0 Å². The molecule has 1 amide bonds. The van der Waals surface area contributed by atoms with Crippen LogP contribution < -0.4 is 10.7 Å². The van der Waals surface area contributed by atoms with Gasteiger partial charge in [0.1, 0.15) is 6.54 Å². The molecule has 3 aromatic rings. The number of nitrogens with zero attached hydrogens (tertiary/aromatic N) is 3. The lowest BCUT2D eigenvalue weighted by Gasteiger charge is -2.17. The van der Waals surface area contributed by atoms with Crippen molar-refractivity contribution in [1.82, 2.24) is 4.57 Å². The van der Waals surface area contributed by atoms with Crippen LogP contribution in [0, 0.1) is 17.0 Å². The van der Waals surface area contributed by atoms with Crippen molar-refractivity contribution in [1.29, 1.82) is 0 Å². The van der Waals surface area contributed by atoms with Crippen molar-refractivity contribution in [2.75, 3.05) is 11.9 Å². The standard InChI is InChI=1S/C17H15N3O5/c1-11-3-5-12(6-4-11)18(2)16(21)10-19-14-8-7-13(20(23)24)9-15(14)25-17(19)22/h3-9H,10H2,1-2H3. The van der Waals surface area contributed by atoms with Crippen molar-refractivity contribution >= 4 is 28.4 Å². The molecule has 128 valence electrons. The van der Waals surface area contributed by atoms with Gasteiger partial charge in [0.05, 0.1) is 16.5 Å². The molecule has 0 saturated carbocycles. The number of likely N-dealkylation sites (N-methyl/N-ethyl adjacent to an activating group) is 1. The maximum atomic E-state index is 12.5. The summed E-state index contributed by atoms with van der Waals surface area (Å²) in [6.45, 7) is 1.72. The Labute approximate surface area is 142 Å². The Hall–Kier alpha value is -3.42. The summed E-state index contributed by atoms with van der Waals surface area (Å²) < 4.78 is 6.18. The van der Waals surface area contributed by atoms with Crippen LogP contribution in [0.25, 0.3) is 11.1 Å². The van der Waals surface area contributed by atoms with E-state index in [2.05, 4.69) is 0 Å². The summed E-state index contributed by atoms with van der Waals surface area (Å²) in [7, 11) is 1.62. The number of aromatic nitrogens is 1. The van der Waals surface area contributed by atoms with Crippen LogP contribution in [0.4, 0.5) is 11.4 Å². The molecule has 2 aromatic carbocycles. The van der Waals surface area contributed by atoms with Crippen LogP contribution in [0.1, 0.15) is 5.56 Å². The van der Waals surface area contributed by atoms with Crippen molar-refractivity contribution in [3.63, 3.8) is 0 Å². The quantitative estimate of drug-likeness (QED) is 0.536. The monoisotopic (exact) mass is 341 g/mol. The maximum Gasteiger partial charge on any atom is 0.420 e. The molecule has 0 unspecified atom stereocenters. The van der Waals surface area contributed by atoms with Gasteiger partial charge in [0.15, 0.2) is 5.58 Å². The van der Waals surface area contributed by atoms with Gasteiger partial charge >= 0.3 is 5.76 Å². The summed E-state index contributed by atoms with van der Waals surface area (Å²) in [6, 6.07) is 11.2. The third-order valence-corrected chi connectivity index (χ3v) is 3.95. The number of aryl methyl sites for hydroxylation is 1. The van der Waals surface area contributed by atoms with Crippen LogP contribution in [0.2, 0.25) is 0 Å². The SMILES string of the molecule is Cc1ccc(N(C)C(=O)Cn2c(=O)oc3cc([N+](=O)[O-])ccc32)cc1. The predicted octanol–water partition coefficient (Wildman–Crippen LogP) is 2.47. The van der Waals surface area contributed by atoms with Crippen molar-refractivity contribution in [3.05, 3.63) is 68.7 Å².